The van der Waals surface area contributed by atoms with Gasteiger partial charge in [0.15, 0.2) is 10.8 Å². The van der Waals surface area contributed by atoms with E-state index in [9.17, 15) is 18.0 Å². The Morgan fingerprint density at radius 3 is 2.67 bits per heavy atom. The number of pyridine rings is 1. The highest BCUT2D eigenvalue weighted by molar-refractivity contribution is 7.89. The highest BCUT2D eigenvalue weighted by atomic mass is 32.2. The van der Waals surface area contributed by atoms with Gasteiger partial charge in [-0.25, -0.2) is 13.4 Å². The first-order valence-electron chi connectivity index (χ1n) is 9.14. The van der Waals surface area contributed by atoms with Crippen LogP contribution in [0.5, 0.6) is 0 Å². The summed E-state index contributed by atoms with van der Waals surface area (Å²) in [6.45, 7) is 5.38. The van der Waals surface area contributed by atoms with Gasteiger partial charge in [0, 0.05) is 12.2 Å². The van der Waals surface area contributed by atoms with Crippen LogP contribution in [0.1, 0.15) is 40.0 Å². The minimum atomic E-state index is -3.89. The lowest BCUT2D eigenvalue weighted by atomic mass is 10.0. The summed E-state index contributed by atoms with van der Waals surface area (Å²) in [5.74, 6) is -0.464. The van der Waals surface area contributed by atoms with Crippen molar-refractivity contribution in [1.82, 2.24) is 14.6 Å². The Morgan fingerprint density at radius 2 is 2.07 bits per heavy atom. The van der Waals surface area contributed by atoms with E-state index >= 15 is 0 Å². The third kappa shape index (κ3) is 5.33. The van der Waals surface area contributed by atoms with Crippen LogP contribution in [0.15, 0.2) is 29.4 Å². The SMILES string of the molecule is CC(C)C[C@H](N)C(=O)N[C@@H]1CC[C@@H](C)N(S(=O)(=O)c2ccccn2)CC1=O. The van der Waals surface area contributed by atoms with E-state index in [1.807, 2.05) is 13.8 Å². The minimum absolute atomic E-state index is 0.0916. The number of hydrogen-bond acceptors (Lipinski definition) is 6. The smallest absolute Gasteiger partial charge is 0.261 e. The molecule has 0 spiro atoms. The summed E-state index contributed by atoms with van der Waals surface area (Å²) >= 11 is 0. The van der Waals surface area contributed by atoms with Crippen LogP contribution in [-0.4, -0.2) is 54.1 Å². The second-order valence-electron chi connectivity index (χ2n) is 7.41. The Labute approximate surface area is 160 Å². The second kappa shape index (κ2) is 8.90. The maximum Gasteiger partial charge on any atom is 0.261 e. The maximum atomic E-state index is 12.9. The molecule has 2 rings (SSSR count). The van der Waals surface area contributed by atoms with E-state index in [-0.39, 0.29) is 35.2 Å². The number of amides is 1. The van der Waals surface area contributed by atoms with Crippen LogP contribution in [0, 0.1) is 5.92 Å². The second-order valence-corrected chi connectivity index (χ2v) is 9.25. The molecule has 1 fully saturated rings. The molecule has 1 aromatic rings. The fourth-order valence-electron chi connectivity index (χ4n) is 3.12. The highest BCUT2D eigenvalue weighted by Gasteiger charge is 2.37. The predicted molar refractivity (Wildman–Crippen MR) is 101 cm³/mol. The van der Waals surface area contributed by atoms with E-state index in [2.05, 4.69) is 10.3 Å². The molecule has 150 valence electrons. The average Bonchev–Trinajstić information content (AvgIpc) is 2.75. The van der Waals surface area contributed by atoms with Crippen LogP contribution >= 0.6 is 0 Å². The molecular formula is C18H28N4O4S. The number of hydrogen-bond donors (Lipinski definition) is 2. The Bertz CT molecular complexity index is 767. The number of nitrogens with two attached hydrogens (primary N) is 1. The van der Waals surface area contributed by atoms with Gasteiger partial charge in [-0.2, -0.15) is 4.31 Å². The van der Waals surface area contributed by atoms with E-state index in [0.29, 0.717) is 19.3 Å². The Kier molecular flexibility index (Phi) is 7.07. The van der Waals surface area contributed by atoms with E-state index < -0.39 is 22.1 Å². The van der Waals surface area contributed by atoms with Crippen LogP contribution in [-0.2, 0) is 19.6 Å². The molecule has 2 heterocycles. The van der Waals surface area contributed by atoms with Crippen LogP contribution in [0.3, 0.4) is 0 Å². The van der Waals surface area contributed by atoms with Crippen LogP contribution in [0.4, 0.5) is 0 Å². The molecule has 8 nitrogen and oxygen atoms in total. The zero-order valence-electron chi connectivity index (χ0n) is 16.0. The van der Waals surface area contributed by atoms with Gasteiger partial charge in [0.2, 0.25) is 5.91 Å². The molecule has 3 atom stereocenters. The number of nitrogens with zero attached hydrogens (tertiary/aromatic N) is 2. The number of rotatable bonds is 6. The molecule has 0 aliphatic carbocycles. The molecule has 0 unspecified atom stereocenters. The molecule has 3 N–H and O–H groups in total. The largest absolute Gasteiger partial charge is 0.345 e. The molecule has 1 saturated heterocycles. The number of carbonyl (C=O) groups excluding carboxylic acids is 2. The number of Topliss-reactive ketones (excluding diaryl/α,β-unsaturated/α-hetero) is 1. The summed E-state index contributed by atoms with van der Waals surface area (Å²) in [5, 5.41) is 2.60. The van der Waals surface area contributed by atoms with Crippen molar-refractivity contribution in [2.75, 3.05) is 6.54 Å². The van der Waals surface area contributed by atoms with E-state index in [0.717, 1.165) is 4.31 Å². The molecular weight excluding hydrogens is 368 g/mol. The lowest BCUT2D eigenvalue weighted by molar-refractivity contribution is -0.128. The standard InChI is InChI=1S/C18H28N4O4S/c1-12(2)10-14(19)18(24)21-15-8-7-13(3)22(11-16(15)23)27(25,26)17-6-4-5-9-20-17/h4-6,9,12-15H,7-8,10-11,19H2,1-3H3,(H,21,24)/t13-,14+,15-/m1/s1. The zero-order valence-corrected chi connectivity index (χ0v) is 16.8. The van der Waals surface area contributed by atoms with Crippen LogP contribution < -0.4 is 11.1 Å². The third-order valence-electron chi connectivity index (χ3n) is 4.65. The lowest BCUT2D eigenvalue weighted by Crippen LogP contribution is -2.50. The Hall–Kier alpha value is -1.84. The molecule has 0 radical (unpaired) electrons. The molecule has 0 bridgehead atoms. The molecule has 1 amide bonds. The van der Waals surface area contributed by atoms with Crippen molar-refractivity contribution in [1.29, 1.82) is 0 Å². The van der Waals surface area contributed by atoms with Gasteiger partial charge in [-0.3, -0.25) is 9.59 Å². The van der Waals surface area contributed by atoms with Gasteiger partial charge in [-0.1, -0.05) is 19.9 Å². The third-order valence-corrected chi connectivity index (χ3v) is 6.53. The minimum Gasteiger partial charge on any atom is -0.345 e. The van der Waals surface area contributed by atoms with E-state index in [1.54, 1.807) is 19.1 Å². The topological polar surface area (TPSA) is 122 Å². The zero-order chi connectivity index (χ0) is 20.2. The summed E-state index contributed by atoms with van der Waals surface area (Å²) in [7, 11) is -3.89. The Balaban J connectivity index is 2.13. The number of sulfonamides is 1. The molecule has 27 heavy (non-hydrogen) atoms. The van der Waals surface area contributed by atoms with Gasteiger partial charge in [0.25, 0.3) is 10.0 Å². The normalized spacial score (nSPS) is 23.1. The lowest BCUT2D eigenvalue weighted by Gasteiger charge is -2.24. The van der Waals surface area contributed by atoms with Crippen molar-refractivity contribution in [2.45, 2.75) is 63.2 Å². The number of ketones is 1. The van der Waals surface area contributed by atoms with Crippen molar-refractivity contribution in [3.8, 4) is 0 Å². The summed E-state index contributed by atoms with van der Waals surface area (Å²) in [4.78, 5) is 28.8. The maximum absolute atomic E-state index is 12.9. The summed E-state index contributed by atoms with van der Waals surface area (Å²) in [6.07, 6.45) is 2.73. The summed E-state index contributed by atoms with van der Waals surface area (Å²) in [5.41, 5.74) is 5.88. The summed E-state index contributed by atoms with van der Waals surface area (Å²) < 4.78 is 26.9. The average molecular weight is 397 g/mol. The van der Waals surface area contributed by atoms with E-state index in [4.69, 9.17) is 5.73 Å². The van der Waals surface area contributed by atoms with Gasteiger partial charge in [-0.05, 0) is 44.2 Å². The van der Waals surface area contributed by atoms with Crippen LogP contribution in [0.25, 0.3) is 0 Å². The predicted octanol–water partition coefficient (Wildman–Crippen LogP) is 0.682. The van der Waals surface area contributed by atoms with Crippen molar-refractivity contribution in [2.24, 2.45) is 11.7 Å². The fraction of sp³-hybridized carbons (Fsp3) is 0.611. The van der Waals surface area contributed by atoms with Crippen molar-refractivity contribution >= 4 is 21.7 Å². The molecule has 0 aromatic carbocycles. The number of nitrogens with one attached hydrogen (secondary N) is 1. The molecule has 1 aliphatic heterocycles. The number of carbonyl (C=O) groups is 2. The molecule has 0 saturated carbocycles. The van der Waals surface area contributed by atoms with Crippen molar-refractivity contribution < 1.29 is 18.0 Å². The first-order chi connectivity index (χ1) is 12.6. The van der Waals surface area contributed by atoms with Crippen molar-refractivity contribution in [3.63, 3.8) is 0 Å². The molecule has 1 aliphatic rings. The monoisotopic (exact) mass is 396 g/mol. The first-order valence-corrected chi connectivity index (χ1v) is 10.6. The Morgan fingerprint density at radius 1 is 1.37 bits per heavy atom. The molecule has 9 heteroatoms. The summed E-state index contributed by atoms with van der Waals surface area (Å²) in [6, 6.07) is 2.81. The van der Waals surface area contributed by atoms with Gasteiger partial charge in [0.1, 0.15) is 0 Å². The van der Waals surface area contributed by atoms with Crippen molar-refractivity contribution in [3.05, 3.63) is 24.4 Å². The van der Waals surface area contributed by atoms with Gasteiger partial charge in [-0.15, -0.1) is 0 Å². The quantitative estimate of drug-likeness (QED) is 0.729. The first kappa shape index (κ1) is 21.5. The number of aromatic nitrogens is 1. The molecule has 1 aromatic heterocycles. The van der Waals surface area contributed by atoms with Gasteiger partial charge in [0.05, 0.1) is 18.6 Å². The fourth-order valence-corrected chi connectivity index (χ4v) is 4.68. The highest BCUT2D eigenvalue weighted by Crippen LogP contribution is 2.22. The van der Waals surface area contributed by atoms with Gasteiger partial charge < -0.3 is 11.1 Å². The van der Waals surface area contributed by atoms with Gasteiger partial charge >= 0.3 is 0 Å². The van der Waals surface area contributed by atoms with Crippen LogP contribution in [0.2, 0.25) is 0 Å². The van der Waals surface area contributed by atoms with E-state index in [1.165, 1.54) is 12.3 Å².